The zero-order valence-corrected chi connectivity index (χ0v) is 12.5. The maximum absolute atomic E-state index is 12.9. The summed E-state index contributed by atoms with van der Waals surface area (Å²) in [5.41, 5.74) is 1.87. The number of anilines is 1. The summed E-state index contributed by atoms with van der Waals surface area (Å²) in [6, 6.07) is 10.8. The van der Waals surface area contributed by atoms with Crippen molar-refractivity contribution in [3.05, 3.63) is 69.5 Å². The third-order valence-electron chi connectivity index (χ3n) is 4.10. The van der Waals surface area contributed by atoms with Crippen molar-refractivity contribution in [2.24, 2.45) is 5.92 Å². The lowest BCUT2D eigenvalue weighted by Gasteiger charge is -2.06. The summed E-state index contributed by atoms with van der Waals surface area (Å²) in [5.74, 6) is -0.573. The molecule has 2 aromatic carbocycles. The first kappa shape index (κ1) is 15.1. The molecule has 1 fully saturated rings. The summed E-state index contributed by atoms with van der Waals surface area (Å²) in [6.07, 6.45) is 0.700. The number of hydrogen-bond acceptors (Lipinski definition) is 3. The van der Waals surface area contributed by atoms with E-state index >= 15 is 0 Å². The highest BCUT2D eigenvalue weighted by molar-refractivity contribution is 5.95. The Balaban J connectivity index is 1.68. The zero-order chi connectivity index (χ0) is 16.6. The summed E-state index contributed by atoms with van der Waals surface area (Å²) in [6.45, 7) is 1.65. The largest absolute Gasteiger partial charge is 0.326 e. The number of benzene rings is 2. The predicted molar refractivity (Wildman–Crippen MR) is 83.7 cm³/mol. The van der Waals surface area contributed by atoms with Gasteiger partial charge in [-0.1, -0.05) is 18.2 Å². The van der Waals surface area contributed by atoms with Crippen LogP contribution in [0.25, 0.3) is 0 Å². The lowest BCUT2D eigenvalue weighted by Crippen LogP contribution is -2.14. The van der Waals surface area contributed by atoms with Gasteiger partial charge in [-0.2, -0.15) is 0 Å². The van der Waals surface area contributed by atoms with Gasteiger partial charge in [-0.3, -0.25) is 14.9 Å². The van der Waals surface area contributed by atoms with E-state index in [2.05, 4.69) is 5.32 Å². The average Bonchev–Trinajstić information content (AvgIpc) is 3.30. The van der Waals surface area contributed by atoms with Gasteiger partial charge < -0.3 is 5.32 Å². The Kier molecular flexibility index (Phi) is 3.82. The summed E-state index contributed by atoms with van der Waals surface area (Å²) >= 11 is 0. The quantitative estimate of drug-likeness (QED) is 0.689. The van der Waals surface area contributed by atoms with Gasteiger partial charge in [0.15, 0.2) is 0 Å². The molecule has 2 atom stereocenters. The molecule has 0 aliphatic heterocycles. The average molecular weight is 314 g/mol. The molecular formula is C17H15FN2O3. The fourth-order valence-corrected chi connectivity index (χ4v) is 2.68. The minimum absolute atomic E-state index is 0.0197. The second kappa shape index (κ2) is 5.79. The van der Waals surface area contributed by atoms with Crippen LogP contribution in [0.4, 0.5) is 15.8 Å². The minimum atomic E-state index is -0.469. The molecule has 2 aromatic rings. The first-order valence-electron chi connectivity index (χ1n) is 7.27. The number of amides is 1. The van der Waals surface area contributed by atoms with Crippen LogP contribution in [-0.2, 0) is 4.79 Å². The monoisotopic (exact) mass is 314 g/mol. The molecule has 23 heavy (non-hydrogen) atoms. The maximum Gasteiger partial charge on any atom is 0.274 e. The molecule has 1 N–H and O–H groups in total. The van der Waals surface area contributed by atoms with E-state index in [4.69, 9.17) is 0 Å². The van der Waals surface area contributed by atoms with Gasteiger partial charge in [0.25, 0.3) is 5.69 Å². The SMILES string of the molecule is Cc1ccc(NC(=O)C2CC2c2ccc(F)cc2)cc1[N+](=O)[O-]. The van der Waals surface area contributed by atoms with Crippen LogP contribution in [0.2, 0.25) is 0 Å². The molecule has 6 heteroatoms. The van der Waals surface area contributed by atoms with E-state index in [0.717, 1.165) is 5.56 Å². The van der Waals surface area contributed by atoms with Crippen molar-refractivity contribution in [3.8, 4) is 0 Å². The lowest BCUT2D eigenvalue weighted by atomic mass is 10.1. The minimum Gasteiger partial charge on any atom is -0.326 e. The smallest absolute Gasteiger partial charge is 0.274 e. The topological polar surface area (TPSA) is 72.2 Å². The molecule has 1 amide bonds. The Labute approximate surface area is 132 Å². The molecule has 0 spiro atoms. The molecule has 1 aliphatic carbocycles. The van der Waals surface area contributed by atoms with Crippen LogP contribution in [0, 0.1) is 28.8 Å². The van der Waals surface area contributed by atoms with Crippen molar-refractivity contribution < 1.29 is 14.1 Å². The number of nitro benzene ring substituents is 1. The standard InChI is InChI=1S/C17H15FN2O3/c1-10-2-7-13(8-16(10)20(22)23)19-17(21)15-9-14(15)11-3-5-12(18)6-4-11/h2-8,14-15H,9H2,1H3,(H,19,21). The first-order chi connectivity index (χ1) is 11.0. The molecule has 0 saturated heterocycles. The van der Waals surface area contributed by atoms with Crippen LogP contribution in [-0.4, -0.2) is 10.8 Å². The molecule has 0 radical (unpaired) electrons. The van der Waals surface area contributed by atoms with Crippen molar-refractivity contribution >= 4 is 17.3 Å². The number of nitrogens with one attached hydrogen (secondary N) is 1. The Morgan fingerprint density at radius 3 is 2.61 bits per heavy atom. The molecule has 3 rings (SSSR count). The fourth-order valence-electron chi connectivity index (χ4n) is 2.68. The number of hydrogen-bond donors (Lipinski definition) is 1. The summed E-state index contributed by atoms with van der Waals surface area (Å²) in [5, 5.41) is 13.7. The number of nitro groups is 1. The van der Waals surface area contributed by atoms with Gasteiger partial charge in [0.05, 0.1) is 4.92 Å². The Morgan fingerprint density at radius 1 is 1.26 bits per heavy atom. The highest BCUT2D eigenvalue weighted by atomic mass is 19.1. The number of nitrogens with zero attached hydrogens (tertiary/aromatic N) is 1. The highest BCUT2D eigenvalue weighted by Crippen LogP contribution is 2.48. The Morgan fingerprint density at radius 2 is 1.96 bits per heavy atom. The fraction of sp³-hybridized carbons (Fsp3) is 0.235. The van der Waals surface area contributed by atoms with E-state index < -0.39 is 4.92 Å². The van der Waals surface area contributed by atoms with Gasteiger partial charge in [-0.05, 0) is 43.0 Å². The second-order valence-corrected chi connectivity index (χ2v) is 5.75. The summed E-state index contributed by atoms with van der Waals surface area (Å²) < 4.78 is 12.9. The van der Waals surface area contributed by atoms with Crippen LogP contribution in [0.3, 0.4) is 0 Å². The van der Waals surface area contributed by atoms with Crippen molar-refractivity contribution in [2.45, 2.75) is 19.3 Å². The van der Waals surface area contributed by atoms with E-state index in [0.29, 0.717) is 17.7 Å². The van der Waals surface area contributed by atoms with E-state index in [-0.39, 0.29) is 29.2 Å². The van der Waals surface area contributed by atoms with Gasteiger partial charge >= 0.3 is 0 Å². The van der Waals surface area contributed by atoms with Gasteiger partial charge in [0.1, 0.15) is 5.82 Å². The molecule has 1 aliphatic rings. The van der Waals surface area contributed by atoms with Crippen molar-refractivity contribution in [1.82, 2.24) is 0 Å². The number of carbonyl (C=O) groups excluding carboxylic acids is 1. The Bertz CT molecular complexity index is 774. The lowest BCUT2D eigenvalue weighted by molar-refractivity contribution is -0.385. The van der Waals surface area contributed by atoms with Gasteiger partial charge in [0.2, 0.25) is 5.91 Å². The Hall–Kier alpha value is -2.76. The molecule has 1 saturated carbocycles. The summed E-state index contributed by atoms with van der Waals surface area (Å²) in [7, 11) is 0. The first-order valence-corrected chi connectivity index (χ1v) is 7.27. The van der Waals surface area contributed by atoms with Crippen molar-refractivity contribution in [1.29, 1.82) is 0 Å². The molecule has 5 nitrogen and oxygen atoms in total. The van der Waals surface area contributed by atoms with E-state index in [1.807, 2.05) is 0 Å². The van der Waals surface area contributed by atoms with E-state index in [1.54, 1.807) is 31.2 Å². The number of aryl methyl sites for hydroxylation is 1. The zero-order valence-electron chi connectivity index (χ0n) is 12.5. The van der Waals surface area contributed by atoms with Crippen LogP contribution in [0.1, 0.15) is 23.5 Å². The molecule has 118 valence electrons. The third kappa shape index (κ3) is 3.21. The summed E-state index contributed by atoms with van der Waals surface area (Å²) in [4.78, 5) is 22.7. The van der Waals surface area contributed by atoms with E-state index in [9.17, 15) is 19.3 Å². The molecular weight excluding hydrogens is 299 g/mol. The van der Waals surface area contributed by atoms with Crippen LogP contribution < -0.4 is 5.32 Å². The maximum atomic E-state index is 12.9. The second-order valence-electron chi connectivity index (χ2n) is 5.75. The van der Waals surface area contributed by atoms with Gasteiger partial charge in [-0.15, -0.1) is 0 Å². The van der Waals surface area contributed by atoms with Crippen molar-refractivity contribution in [3.63, 3.8) is 0 Å². The van der Waals surface area contributed by atoms with Gasteiger partial charge in [0, 0.05) is 23.2 Å². The van der Waals surface area contributed by atoms with Crippen LogP contribution in [0.5, 0.6) is 0 Å². The third-order valence-corrected chi connectivity index (χ3v) is 4.10. The van der Waals surface area contributed by atoms with Crippen molar-refractivity contribution in [2.75, 3.05) is 5.32 Å². The number of rotatable bonds is 4. The van der Waals surface area contributed by atoms with Gasteiger partial charge in [-0.25, -0.2) is 4.39 Å². The molecule has 0 bridgehead atoms. The molecule has 2 unspecified atom stereocenters. The predicted octanol–water partition coefficient (Wildman–Crippen LogP) is 3.78. The number of halogens is 1. The molecule has 0 heterocycles. The van der Waals surface area contributed by atoms with E-state index in [1.165, 1.54) is 18.2 Å². The van der Waals surface area contributed by atoms with Crippen LogP contribution >= 0.6 is 0 Å². The van der Waals surface area contributed by atoms with Crippen LogP contribution in [0.15, 0.2) is 42.5 Å². The highest BCUT2D eigenvalue weighted by Gasteiger charge is 2.43. The molecule has 0 aromatic heterocycles. The normalized spacial score (nSPS) is 19.2. The number of carbonyl (C=O) groups is 1.